The summed E-state index contributed by atoms with van der Waals surface area (Å²) in [6.07, 6.45) is 1.34. The molecule has 1 N–H and O–H groups in total. The Kier molecular flexibility index (Phi) is 6.43. The summed E-state index contributed by atoms with van der Waals surface area (Å²) < 4.78 is 27.3. The molecule has 1 heterocycles. The Labute approximate surface area is 171 Å². The SMILES string of the molecule is Cc1ccc(S(=O)(=O)N2CCC[C@@H](C(=O)N[C@@H](C)c3ccc(Cl)cc3)C2)cc1. The predicted molar refractivity (Wildman–Crippen MR) is 111 cm³/mol. The molecule has 0 saturated carbocycles. The van der Waals surface area contributed by atoms with Crippen molar-refractivity contribution in [2.24, 2.45) is 5.92 Å². The second kappa shape index (κ2) is 8.64. The summed E-state index contributed by atoms with van der Waals surface area (Å²) in [7, 11) is -3.59. The average molecular weight is 421 g/mol. The van der Waals surface area contributed by atoms with Gasteiger partial charge >= 0.3 is 0 Å². The van der Waals surface area contributed by atoms with Gasteiger partial charge in [-0.25, -0.2) is 8.42 Å². The fourth-order valence-corrected chi connectivity index (χ4v) is 5.05. The molecule has 150 valence electrons. The molecule has 0 unspecified atom stereocenters. The number of sulfonamides is 1. The molecule has 0 bridgehead atoms. The summed E-state index contributed by atoms with van der Waals surface area (Å²) in [5.74, 6) is -0.477. The maximum Gasteiger partial charge on any atom is 0.243 e. The van der Waals surface area contributed by atoms with E-state index in [4.69, 9.17) is 11.6 Å². The number of rotatable bonds is 5. The molecule has 3 rings (SSSR count). The Morgan fingerprint density at radius 2 is 1.79 bits per heavy atom. The molecule has 0 radical (unpaired) electrons. The van der Waals surface area contributed by atoms with Crippen LogP contribution in [0.1, 0.15) is 36.9 Å². The highest BCUT2D eigenvalue weighted by Gasteiger charge is 2.33. The molecule has 2 atom stereocenters. The smallest absolute Gasteiger partial charge is 0.243 e. The fourth-order valence-electron chi connectivity index (χ4n) is 3.40. The Morgan fingerprint density at radius 1 is 1.14 bits per heavy atom. The van der Waals surface area contributed by atoms with Crippen LogP contribution in [0.3, 0.4) is 0 Å². The maximum atomic E-state index is 12.9. The number of hydrogen-bond acceptors (Lipinski definition) is 3. The summed E-state index contributed by atoms with van der Waals surface area (Å²) >= 11 is 5.91. The first-order valence-corrected chi connectivity index (χ1v) is 11.2. The van der Waals surface area contributed by atoms with Crippen LogP contribution >= 0.6 is 11.6 Å². The minimum Gasteiger partial charge on any atom is -0.349 e. The van der Waals surface area contributed by atoms with Crippen LogP contribution in [-0.2, 0) is 14.8 Å². The van der Waals surface area contributed by atoms with Gasteiger partial charge in [0, 0.05) is 18.1 Å². The third-order valence-electron chi connectivity index (χ3n) is 5.14. The number of aryl methyl sites for hydroxylation is 1. The van der Waals surface area contributed by atoms with Crippen LogP contribution in [0.4, 0.5) is 0 Å². The number of nitrogens with one attached hydrogen (secondary N) is 1. The molecule has 2 aromatic carbocycles. The summed E-state index contributed by atoms with van der Waals surface area (Å²) in [6.45, 7) is 4.46. The van der Waals surface area contributed by atoms with E-state index in [0.29, 0.717) is 24.4 Å². The lowest BCUT2D eigenvalue weighted by Gasteiger charge is -2.32. The topological polar surface area (TPSA) is 66.5 Å². The number of halogens is 1. The van der Waals surface area contributed by atoms with Crippen LogP contribution in [-0.4, -0.2) is 31.7 Å². The Bertz CT molecular complexity index is 927. The molecule has 1 saturated heterocycles. The van der Waals surface area contributed by atoms with Gasteiger partial charge in [-0.15, -0.1) is 0 Å². The molecule has 5 nitrogen and oxygen atoms in total. The van der Waals surface area contributed by atoms with E-state index in [1.54, 1.807) is 36.4 Å². The van der Waals surface area contributed by atoms with Crippen LogP contribution in [0.5, 0.6) is 0 Å². The molecule has 0 spiro atoms. The lowest BCUT2D eigenvalue weighted by Crippen LogP contribution is -2.45. The van der Waals surface area contributed by atoms with Crippen molar-refractivity contribution in [3.63, 3.8) is 0 Å². The lowest BCUT2D eigenvalue weighted by atomic mass is 9.98. The molecule has 1 fully saturated rings. The molecule has 0 aromatic heterocycles. The van der Waals surface area contributed by atoms with Crippen LogP contribution in [0.25, 0.3) is 0 Å². The third-order valence-corrected chi connectivity index (χ3v) is 7.27. The van der Waals surface area contributed by atoms with Crippen molar-refractivity contribution in [1.29, 1.82) is 0 Å². The van der Waals surface area contributed by atoms with Crippen molar-refractivity contribution in [1.82, 2.24) is 9.62 Å². The molecule has 1 amide bonds. The molecule has 2 aromatic rings. The number of carbonyl (C=O) groups is 1. The zero-order chi connectivity index (χ0) is 20.3. The van der Waals surface area contributed by atoms with E-state index in [1.807, 2.05) is 26.0 Å². The largest absolute Gasteiger partial charge is 0.349 e. The highest BCUT2D eigenvalue weighted by molar-refractivity contribution is 7.89. The van der Waals surface area contributed by atoms with E-state index in [1.165, 1.54) is 4.31 Å². The van der Waals surface area contributed by atoms with E-state index in [2.05, 4.69) is 5.32 Å². The van der Waals surface area contributed by atoms with E-state index >= 15 is 0 Å². The molecule has 0 aliphatic carbocycles. The minimum atomic E-state index is -3.59. The van der Waals surface area contributed by atoms with Gasteiger partial charge in [0.05, 0.1) is 16.9 Å². The van der Waals surface area contributed by atoms with E-state index in [9.17, 15) is 13.2 Å². The standard InChI is InChI=1S/C21H25ClN2O3S/c1-15-5-11-20(12-6-15)28(26,27)24-13-3-4-18(14-24)21(25)23-16(2)17-7-9-19(22)10-8-17/h5-12,16,18H,3-4,13-14H2,1-2H3,(H,23,25)/t16-,18+/m0/s1. The zero-order valence-electron chi connectivity index (χ0n) is 16.1. The Hall–Kier alpha value is -1.89. The molecule has 7 heteroatoms. The van der Waals surface area contributed by atoms with Crippen LogP contribution in [0, 0.1) is 12.8 Å². The zero-order valence-corrected chi connectivity index (χ0v) is 17.6. The van der Waals surface area contributed by atoms with Crippen LogP contribution in [0.2, 0.25) is 5.02 Å². The average Bonchev–Trinajstić information content (AvgIpc) is 2.69. The maximum absolute atomic E-state index is 12.9. The van der Waals surface area contributed by atoms with E-state index < -0.39 is 10.0 Å². The normalized spacial score (nSPS) is 19.2. The van der Waals surface area contributed by atoms with E-state index in [-0.39, 0.29) is 29.3 Å². The van der Waals surface area contributed by atoms with Crippen molar-refractivity contribution < 1.29 is 13.2 Å². The van der Waals surface area contributed by atoms with Crippen molar-refractivity contribution in [2.45, 2.75) is 37.6 Å². The highest BCUT2D eigenvalue weighted by atomic mass is 35.5. The van der Waals surface area contributed by atoms with Crippen molar-refractivity contribution >= 4 is 27.5 Å². The number of benzene rings is 2. The Balaban J connectivity index is 1.67. The van der Waals surface area contributed by atoms with Gasteiger partial charge in [-0.05, 0) is 56.5 Å². The summed E-state index contributed by atoms with van der Waals surface area (Å²) in [5.41, 5.74) is 1.96. The van der Waals surface area contributed by atoms with Crippen molar-refractivity contribution in [3.05, 3.63) is 64.7 Å². The van der Waals surface area contributed by atoms with Gasteiger partial charge in [0.15, 0.2) is 0 Å². The first-order valence-electron chi connectivity index (χ1n) is 9.40. The monoisotopic (exact) mass is 420 g/mol. The fraction of sp³-hybridized carbons (Fsp3) is 0.381. The first-order chi connectivity index (χ1) is 13.3. The van der Waals surface area contributed by atoms with Gasteiger partial charge < -0.3 is 5.32 Å². The quantitative estimate of drug-likeness (QED) is 0.796. The van der Waals surface area contributed by atoms with Gasteiger partial charge in [-0.2, -0.15) is 4.31 Å². The molecule has 28 heavy (non-hydrogen) atoms. The van der Waals surface area contributed by atoms with Gasteiger partial charge in [-0.1, -0.05) is 41.4 Å². The third kappa shape index (κ3) is 4.74. The molecular formula is C21H25ClN2O3S. The van der Waals surface area contributed by atoms with Gasteiger partial charge in [0.1, 0.15) is 0 Å². The predicted octanol–water partition coefficient (Wildman–Crippen LogP) is 3.93. The van der Waals surface area contributed by atoms with Gasteiger partial charge in [-0.3, -0.25) is 4.79 Å². The summed E-state index contributed by atoms with van der Waals surface area (Å²) in [6, 6.07) is 14.0. The number of nitrogens with zero attached hydrogens (tertiary/aromatic N) is 1. The molecular weight excluding hydrogens is 396 g/mol. The van der Waals surface area contributed by atoms with E-state index in [0.717, 1.165) is 11.1 Å². The van der Waals surface area contributed by atoms with Crippen LogP contribution < -0.4 is 5.32 Å². The summed E-state index contributed by atoms with van der Waals surface area (Å²) in [5, 5.41) is 3.65. The van der Waals surface area contributed by atoms with Crippen molar-refractivity contribution in [3.8, 4) is 0 Å². The highest BCUT2D eigenvalue weighted by Crippen LogP contribution is 2.25. The summed E-state index contributed by atoms with van der Waals surface area (Å²) in [4.78, 5) is 13.0. The van der Waals surface area contributed by atoms with Crippen molar-refractivity contribution in [2.75, 3.05) is 13.1 Å². The first kappa shape index (κ1) is 20.8. The second-order valence-corrected chi connectivity index (χ2v) is 9.67. The lowest BCUT2D eigenvalue weighted by molar-refractivity contribution is -0.126. The minimum absolute atomic E-state index is 0.119. The number of carbonyl (C=O) groups excluding carboxylic acids is 1. The molecule has 1 aliphatic rings. The van der Waals surface area contributed by atoms with Crippen LogP contribution in [0.15, 0.2) is 53.4 Å². The van der Waals surface area contributed by atoms with Gasteiger partial charge in [0.25, 0.3) is 0 Å². The molecule has 1 aliphatic heterocycles. The number of hydrogen-bond donors (Lipinski definition) is 1. The Morgan fingerprint density at radius 3 is 2.43 bits per heavy atom. The number of amides is 1. The number of piperidine rings is 1. The van der Waals surface area contributed by atoms with Gasteiger partial charge in [0.2, 0.25) is 15.9 Å². The second-order valence-electron chi connectivity index (χ2n) is 7.30.